The van der Waals surface area contributed by atoms with E-state index in [1.165, 1.54) is 6.07 Å². The van der Waals surface area contributed by atoms with Crippen LogP contribution in [0.5, 0.6) is 0 Å². The van der Waals surface area contributed by atoms with Crippen LogP contribution in [0.1, 0.15) is 42.9 Å². The SMILES string of the molecule is CC1CC2c3cc(F)ccc3NC(c3cncc(Cl)c3)C2C1. The van der Waals surface area contributed by atoms with E-state index in [0.29, 0.717) is 22.8 Å². The molecule has 1 fully saturated rings. The minimum absolute atomic E-state index is 0.151. The molecule has 2 aliphatic rings. The molecule has 0 amide bonds. The first-order chi connectivity index (χ1) is 10.6. The zero-order valence-electron chi connectivity index (χ0n) is 12.4. The Balaban J connectivity index is 1.80. The molecule has 4 rings (SSSR count). The Labute approximate surface area is 134 Å². The standard InChI is InChI=1S/C18H18ClFN2/c1-10-4-14-15-7-13(20)2-3-17(15)22-18(16(14)5-10)11-6-12(19)9-21-8-11/h2-3,6-10,14,16,18,22H,4-5H2,1H3. The third-order valence-corrected chi connectivity index (χ3v) is 5.29. The molecule has 0 radical (unpaired) electrons. The highest BCUT2D eigenvalue weighted by Crippen LogP contribution is 2.54. The topological polar surface area (TPSA) is 24.9 Å². The van der Waals surface area contributed by atoms with Crippen LogP contribution in [0.2, 0.25) is 5.02 Å². The van der Waals surface area contributed by atoms with E-state index in [9.17, 15) is 4.39 Å². The van der Waals surface area contributed by atoms with Crippen molar-refractivity contribution in [3.63, 3.8) is 0 Å². The van der Waals surface area contributed by atoms with Gasteiger partial charge in [-0.1, -0.05) is 18.5 Å². The molecule has 2 aromatic rings. The van der Waals surface area contributed by atoms with Crippen LogP contribution in [0.25, 0.3) is 0 Å². The van der Waals surface area contributed by atoms with Gasteiger partial charge in [0.1, 0.15) is 5.82 Å². The molecule has 1 aromatic carbocycles. The number of hydrogen-bond acceptors (Lipinski definition) is 2. The van der Waals surface area contributed by atoms with Crippen molar-refractivity contribution >= 4 is 17.3 Å². The summed E-state index contributed by atoms with van der Waals surface area (Å²) in [6, 6.07) is 7.26. The maximum Gasteiger partial charge on any atom is 0.123 e. The van der Waals surface area contributed by atoms with Gasteiger partial charge in [-0.15, -0.1) is 0 Å². The highest BCUT2D eigenvalue weighted by molar-refractivity contribution is 6.30. The Morgan fingerprint density at radius 3 is 2.91 bits per heavy atom. The number of nitrogens with zero attached hydrogens (tertiary/aromatic N) is 1. The summed E-state index contributed by atoms with van der Waals surface area (Å²) < 4.78 is 13.7. The summed E-state index contributed by atoms with van der Waals surface area (Å²) in [5.41, 5.74) is 3.29. The van der Waals surface area contributed by atoms with Gasteiger partial charge in [-0.25, -0.2) is 4.39 Å². The molecular weight excluding hydrogens is 299 g/mol. The number of nitrogens with one attached hydrogen (secondary N) is 1. The molecule has 4 unspecified atom stereocenters. The van der Waals surface area contributed by atoms with Crippen molar-refractivity contribution < 1.29 is 4.39 Å². The first-order valence-corrected chi connectivity index (χ1v) is 8.16. The van der Waals surface area contributed by atoms with E-state index in [1.54, 1.807) is 12.3 Å². The molecule has 0 spiro atoms. The molecule has 1 aliphatic heterocycles. The van der Waals surface area contributed by atoms with Gasteiger partial charge in [0.25, 0.3) is 0 Å². The van der Waals surface area contributed by atoms with Crippen LogP contribution < -0.4 is 5.32 Å². The van der Waals surface area contributed by atoms with E-state index in [2.05, 4.69) is 17.2 Å². The van der Waals surface area contributed by atoms with E-state index >= 15 is 0 Å². The molecule has 22 heavy (non-hydrogen) atoms. The molecule has 0 saturated heterocycles. The number of aromatic nitrogens is 1. The quantitative estimate of drug-likeness (QED) is 0.785. The number of pyridine rings is 1. The molecule has 1 N–H and O–H groups in total. The van der Waals surface area contributed by atoms with Gasteiger partial charge in [0.15, 0.2) is 0 Å². The molecule has 1 aliphatic carbocycles. The summed E-state index contributed by atoms with van der Waals surface area (Å²) in [5.74, 6) is 1.37. The van der Waals surface area contributed by atoms with Gasteiger partial charge in [-0.2, -0.15) is 0 Å². The predicted octanol–water partition coefficient (Wildman–Crippen LogP) is 5.17. The first-order valence-electron chi connectivity index (χ1n) is 7.78. The summed E-state index contributed by atoms with van der Waals surface area (Å²) in [6.07, 6.45) is 5.81. The number of rotatable bonds is 1. The summed E-state index contributed by atoms with van der Waals surface area (Å²) in [6.45, 7) is 2.28. The van der Waals surface area contributed by atoms with E-state index in [0.717, 1.165) is 29.7 Å². The zero-order chi connectivity index (χ0) is 15.3. The second kappa shape index (κ2) is 5.24. The molecule has 0 bridgehead atoms. The van der Waals surface area contributed by atoms with Crippen LogP contribution in [-0.2, 0) is 0 Å². The Hall–Kier alpha value is -1.61. The van der Waals surface area contributed by atoms with Crippen molar-refractivity contribution in [2.45, 2.75) is 31.7 Å². The lowest BCUT2D eigenvalue weighted by Gasteiger charge is -2.37. The molecule has 2 heterocycles. The largest absolute Gasteiger partial charge is 0.378 e. The van der Waals surface area contributed by atoms with Crippen LogP contribution in [-0.4, -0.2) is 4.98 Å². The van der Waals surface area contributed by atoms with Gasteiger partial charge in [-0.05, 0) is 66.0 Å². The van der Waals surface area contributed by atoms with Crippen molar-refractivity contribution in [3.05, 3.63) is 58.6 Å². The van der Waals surface area contributed by atoms with E-state index in [-0.39, 0.29) is 11.9 Å². The monoisotopic (exact) mass is 316 g/mol. The lowest BCUT2D eigenvalue weighted by atomic mass is 9.77. The van der Waals surface area contributed by atoms with Gasteiger partial charge in [0.2, 0.25) is 0 Å². The molecular formula is C18H18ClFN2. The number of benzene rings is 1. The van der Waals surface area contributed by atoms with Crippen molar-refractivity contribution in [1.29, 1.82) is 0 Å². The summed E-state index contributed by atoms with van der Waals surface area (Å²) in [4.78, 5) is 4.23. The Morgan fingerprint density at radius 1 is 1.23 bits per heavy atom. The number of halogens is 2. The van der Waals surface area contributed by atoms with Crippen LogP contribution in [0, 0.1) is 17.7 Å². The van der Waals surface area contributed by atoms with Crippen molar-refractivity contribution in [2.24, 2.45) is 11.8 Å². The Morgan fingerprint density at radius 2 is 2.09 bits per heavy atom. The molecule has 4 atom stereocenters. The van der Waals surface area contributed by atoms with Gasteiger partial charge in [0.05, 0.1) is 11.1 Å². The number of hydrogen-bond donors (Lipinski definition) is 1. The normalized spacial score (nSPS) is 29.6. The Bertz CT molecular complexity index is 718. The fraction of sp³-hybridized carbons (Fsp3) is 0.389. The van der Waals surface area contributed by atoms with Gasteiger partial charge >= 0.3 is 0 Å². The fourth-order valence-electron chi connectivity index (χ4n) is 4.23. The van der Waals surface area contributed by atoms with Gasteiger partial charge in [-0.3, -0.25) is 4.98 Å². The van der Waals surface area contributed by atoms with Crippen LogP contribution in [0.3, 0.4) is 0 Å². The van der Waals surface area contributed by atoms with Crippen LogP contribution in [0.4, 0.5) is 10.1 Å². The predicted molar refractivity (Wildman–Crippen MR) is 86.6 cm³/mol. The van der Waals surface area contributed by atoms with Gasteiger partial charge < -0.3 is 5.32 Å². The molecule has 2 nitrogen and oxygen atoms in total. The highest BCUT2D eigenvalue weighted by Gasteiger charge is 2.43. The lowest BCUT2D eigenvalue weighted by molar-refractivity contribution is 0.399. The fourth-order valence-corrected chi connectivity index (χ4v) is 4.42. The van der Waals surface area contributed by atoms with Crippen LogP contribution in [0.15, 0.2) is 36.7 Å². The first kappa shape index (κ1) is 14.0. The summed E-state index contributed by atoms with van der Waals surface area (Å²) in [5, 5.41) is 4.25. The van der Waals surface area contributed by atoms with Crippen molar-refractivity contribution in [2.75, 3.05) is 5.32 Å². The van der Waals surface area contributed by atoms with Crippen molar-refractivity contribution in [1.82, 2.24) is 4.98 Å². The number of anilines is 1. The zero-order valence-corrected chi connectivity index (χ0v) is 13.1. The summed E-state index contributed by atoms with van der Waals surface area (Å²) in [7, 11) is 0. The number of fused-ring (bicyclic) bond motifs is 3. The molecule has 4 heteroatoms. The minimum atomic E-state index is -0.151. The third-order valence-electron chi connectivity index (χ3n) is 5.09. The second-order valence-corrected chi connectivity index (χ2v) is 7.07. The lowest BCUT2D eigenvalue weighted by Crippen LogP contribution is -2.29. The average Bonchev–Trinajstić information content (AvgIpc) is 2.88. The van der Waals surface area contributed by atoms with Crippen molar-refractivity contribution in [3.8, 4) is 0 Å². The molecule has 1 aromatic heterocycles. The van der Waals surface area contributed by atoms with E-state index in [1.807, 2.05) is 18.3 Å². The maximum absolute atomic E-state index is 13.7. The minimum Gasteiger partial charge on any atom is -0.378 e. The van der Waals surface area contributed by atoms with E-state index < -0.39 is 0 Å². The van der Waals surface area contributed by atoms with Crippen LogP contribution >= 0.6 is 11.6 Å². The highest BCUT2D eigenvalue weighted by atomic mass is 35.5. The molecule has 114 valence electrons. The maximum atomic E-state index is 13.7. The summed E-state index contributed by atoms with van der Waals surface area (Å²) >= 11 is 6.12. The van der Waals surface area contributed by atoms with Gasteiger partial charge in [0, 0.05) is 18.1 Å². The second-order valence-electron chi connectivity index (χ2n) is 6.64. The average molecular weight is 317 g/mol. The smallest absolute Gasteiger partial charge is 0.123 e. The third kappa shape index (κ3) is 2.28. The van der Waals surface area contributed by atoms with E-state index in [4.69, 9.17) is 11.6 Å². The Kier molecular flexibility index (Phi) is 3.33. The molecule has 1 saturated carbocycles.